The van der Waals surface area contributed by atoms with E-state index in [0.29, 0.717) is 22.6 Å². The van der Waals surface area contributed by atoms with Crippen LogP contribution >= 0.6 is 11.6 Å². The zero-order valence-corrected chi connectivity index (χ0v) is 9.74. The van der Waals surface area contributed by atoms with E-state index in [1.807, 2.05) is 0 Å². The molecule has 0 bridgehead atoms. The summed E-state index contributed by atoms with van der Waals surface area (Å²) >= 11 is 5.98. The van der Waals surface area contributed by atoms with Crippen molar-refractivity contribution in [1.29, 1.82) is 0 Å². The van der Waals surface area contributed by atoms with Crippen LogP contribution in [0, 0.1) is 5.92 Å². The highest BCUT2D eigenvalue weighted by atomic mass is 35.5. The average Bonchev–Trinajstić information content (AvgIpc) is 2.32. The first-order chi connectivity index (χ1) is 7.77. The van der Waals surface area contributed by atoms with Gasteiger partial charge in [0.2, 0.25) is 0 Å². The number of aromatic nitrogens is 2. The molecule has 0 saturated carbocycles. The number of allylic oxidation sites excluding steroid dienone is 2. The lowest BCUT2D eigenvalue weighted by atomic mass is 9.94. The first-order valence-corrected chi connectivity index (χ1v) is 5.80. The van der Waals surface area contributed by atoms with Gasteiger partial charge in [0.05, 0.1) is 0 Å². The fourth-order valence-corrected chi connectivity index (χ4v) is 1.95. The van der Waals surface area contributed by atoms with Crippen molar-refractivity contribution in [2.24, 2.45) is 5.92 Å². The Morgan fingerprint density at radius 1 is 1.44 bits per heavy atom. The summed E-state index contributed by atoms with van der Waals surface area (Å²) in [6.45, 7) is 0.876. The molecule has 5 heteroatoms. The van der Waals surface area contributed by atoms with Gasteiger partial charge in [-0.15, -0.1) is 0 Å². The highest BCUT2D eigenvalue weighted by Crippen LogP contribution is 2.24. The second kappa shape index (κ2) is 5.16. The molecular weight excluding hydrogens is 224 g/mol. The Morgan fingerprint density at radius 3 is 3.06 bits per heavy atom. The number of hydrogen-bond donors (Lipinski definition) is 2. The van der Waals surface area contributed by atoms with Gasteiger partial charge in [-0.3, -0.25) is 0 Å². The monoisotopic (exact) mass is 238 g/mol. The maximum Gasteiger partial charge on any atom is 0.150 e. The van der Waals surface area contributed by atoms with E-state index in [4.69, 9.17) is 17.3 Å². The molecule has 1 aliphatic carbocycles. The molecule has 86 valence electrons. The van der Waals surface area contributed by atoms with Crippen molar-refractivity contribution < 1.29 is 0 Å². The Kier molecular flexibility index (Phi) is 3.62. The highest BCUT2D eigenvalue weighted by Gasteiger charge is 2.11. The number of nitrogens with zero attached hydrogens (tertiary/aromatic N) is 2. The van der Waals surface area contributed by atoms with Crippen LogP contribution < -0.4 is 11.1 Å². The first-order valence-electron chi connectivity index (χ1n) is 5.42. The molecule has 1 aromatic heterocycles. The van der Waals surface area contributed by atoms with Crippen LogP contribution in [0.25, 0.3) is 0 Å². The van der Waals surface area contributed by atoms with E-state index in [9.17, 15) is 0 Å². The van der Waals surface area contributed by atoms with Crippen LogP contribution in [-0.2, 0) is 0 Å². The molecule has 0 spiro atoms. The molecule has 0 radical (unpaired) electrons. The van der Waals surface area contributed by atoms with E-state index in [1.165, 1.54) is 12.7 Å². The lowest BCUT2D eigenvalue weighted by molar-refractivity contribution is 0.503. The van der Waals surface area contributed by atoms with Gasteiger partial charge in [-0.05, 0) is 25.2 Å². The Hall–Kier alpha value is -1.29. The van der Waals surface area contributed by atoms with Crippen molar-refractivity contribution in [1.82, 2.24) is 9.97 Å². The lowest BCUT2D eigenvalue weighted by Crippen LogP contribution is -2.16. The molecule has 1 heterocycles. The predicted molar refractivity (Wildman–Crippen MR) is 66.4 cm³/mol. The van der Waals surface area contributed by atoms with Crippen LogP contribution in [0.15, 0.2) is 18.5 Å². The number of anilines is 2. The number of rotatable bonds is 3. The van der Waals surface area contributed by atoms with Gasteiger partial charge in [0.1, 0.15) is 23.0 Å². The molecule has 1 atom stereocenters. The third kappa shape index (κ3) is 2.64. The molecular formula is C11H15ClN4. The maximum absolute atomic E-state index is 5.98. The third-order valence-electron chi connectivity index (χ3n) is 2.75. The molecule has 0 aliphatic heterocycles. The number of hydrogen-bond acceptors (Lipinski definition) is 4. The van der Waals surface area contributed by atoms with Crippen molar-refractivity contribution in [3.63, 3.8) is 0 Å². The van der Waals surface area contributed by atoms with Gasteiger partial charge in [0.15, 0.2) is 0 Å². The Labute approximate surface area is 99.9 Å². The van der Waals surface area contributed by atoms with Gasteiger partial charge in [0.25, 0.3) is 0 Å². The van der Waals surface area contributed by atoms with Crippen LogP contribution in [0.3, 0.4) is 0 Å². The SMILES string of the molecule is Nc1ncnc(NCC2CC=CCC2)c1Cl. The standard InChI is InChI=1S/C11H15ClN4/c12-9-10(13)15-7-16-11(9)14-6-8-4-2-1-3-5-8/h1-2,7-8H,3-6H2,(H3,13,14,15,16). The normalized spacial score (nSPS) is 19.7. The number of nitrogens with two attached hydrogens (primary N) is 1. The van der Waals surface area contributed by atoms with E-state index in [0.717, 1.165) is 19.4 Å². The van der Waals surface area contributed by atoms with E-state index in [1.54, 1.807) is 0 Å². The summed E-state index contributed by atoms with van der Waals surface area (Å²) < 4.78 is 0. The Bertz CT molecular complexity index is 392. The summed E-state index contributed by atoms with van der Waals surface area (Å²) in [5, 5.41) is 3.64. The lowest BCUT2D eigenvalue weighted by Gasteiger charge is -2.18. The largest absolute Gasteiger partial charge is 0.382 e. The summed E-state index contributed by atoms with van der Waals surface area (Å²) in [5.74, 6) is 1.60. The quantitative estimate of drug-likeness (QED) is 0.795. The van der Waals surface area contributed by atoms with Crippen LogP contribution in [-0.4, -0.2) is 16.5 Å². The molecule has 1 aliphatic rings. The van der Waals surface area contributed by atoms with Crippen LogP contribution in [0.4, 0.5) is 11.6 Å². The minimum atomic E-state index is 0.322. The minimum Gasteiger partial charge on any atom is -0.382 e. The molecule has 0 saturated heterocycles. The Balaban J connectivity index is 1.94. The number of nitrogen functional groups attached to an aromatic ring is 1. The fourth-order valence-electron chi connectivity index (χ4n) is 1.79. The summed E-state index contributed by atoms with van der Waals surface area (Å²) in [4.78, 5) is 7.89. The second-order valence-corrected chi connectivity index (χ2v) is 4.33. The molecule has 1 unspecified atom stereocenters. The highest BCUT2D eigenvalue weighted by molar-refractivity contribution is 6.35. The number of halogens is 1. The van der Waals surface area contributed by atoms with Gasteiger partial charge in [-0.2, -0.15) is 0 Å². The van der Waals surface area contributed by atoms with Gasteiger partial charge in [-0.1, -0.05) is 23.8 Å². The van der Waals surface area contributed by atoms with E-state index >= 15 is 0 Å². The molecule has 3 N–H and O–H groups in total. The fraction of sp³-hybridized carbons (Fsp3) is 0.455. The van der Waals surface area contributed by atoms with Crippen LogP contribution in [0.1, 0.15) is 19.3 Å². The van der Waals surface area contributed by atoms with Crippen molar-refractivity contribution in [3.8, 4) is 0 Å². The third-order valence-corrected chi connectivity index (χ3v) is 3.12. The van der Waals surface area contributed by atoms with Crippen molar-refractivity contribution in [2.45, 2.75) is 19.3 Å². The summed E-state index contributed by atoms with van der Waals surface area (Å²) in [6.07, 6.45) is 9.36. The molecule has 0 aromatic carbocycles. The molecule has 1 aromatic rings. The Morgan fingerprint density at radius 2 is 2.31 bits per heavy atom. The molecule has 2 rings (SSSR count). The molecule has 0 amide bonds. The summed E-state index contributed by atoms with van der Waals surface area (Å²) in [6, 6.07) is 0. The van der Waals surface area contributed by atoms with Crippen molar-refractivity contribution in [3.05, 3.63) is 23.5 Å². The van der Waals surface area contributed by atoms with Gasteiger partial charge < -0.3 is 11.1 Å². The van der Waals surface area contributed by atoms with Crippen LogP contribution in [0.2, 0.25) is 5.02 Å². The van der Waals surface area contributed by atoms with E-state index in [-0.39, 0.29) is 0 Å². The van der Waals surface area contributed by atoms with E-state index in [2.05, 4.69) is 27.4 Å². The van der Waals surface area contributed by atoms with Gasteiger partial charge in [-0.25, -0.2) is 9.97 Å². The zero-order chi connectivity index (χ0) is 11.4. The smallest absolute Gasteiger partial charge is 0.150 e. The maximum atomic E-state index is 5.98. The van der Waals surface area contributed by atoms with E-state index < -0.39 is 0 Å². The minimum absolute atomic E-state index is 0.322. The van der Waals surface area contributed by atoms with Crippen molar-refractivity contribution in [2.75, 3.05) is 17.6 Å². The van der Waals surface area contributed by atoms with Crippen molar-refractivity contribution >= 4 is 23.2 Å². The summed E-state index contributed by atoms with van der Waals surface area (Å²) in [7, 11) is 0. The number of nitrogens with one attached hydrogen (secondary N) is 1. The average molecular weight is 239 g/mol. The van der Waals surface area contributed by atoms with Crippen LogP contribution in [0.5, 0.6) is 0 Å². The van der Waals surface area contributed by atoms with Gasteiger partial charge in [0, 0.05) is 6.54 Å². The molecule has 0 fully saturated rings. The zero-order valence-electron chi connectivity index (χ0n) is 8.99. The van der Waals surface area contributed by atoms with Gasteiger partial charge >= 0.3 is 0 Å². The molecule has 4 nitrogen and oxygen atoms in total. The topological polar surface area (TPSA) is 63.8 Å². The predicted octanol–water partition coefficient (Wildman–Crippen LogP) is 2.48. The second-order valence-electron chi connectivity index (χ2n) is 3.95. The first kappa shape index (κ1) is 11.2. The summed E-state index contributed by atoms with van der Waals surface area (Å²) in [5.41, 5.74) is 5.60. The molecule has 16 heavy (non-hydrogen) atoms.